The molecule has 2 rings (SSSR count). The van der Waals surface area contributed by atoms with Crippen molar-refractivity contribution < 1.29 is 14.6 Å². The van der Waals surface area contributed by atoms with Crippen LogP contribution in [0, 0.1) is 11.8 Å². The summed E-state index contributed by atoms with van der Waals surface area (Å²) >= 11 is 0. The van der Waals surface area contributed by atoms with E-state index < -0.39 is 5.97 Å². The Morgan fingerprint density at radius 2 is 1.74 bits per heavy atom. The van der Waals surface area contributed by atoms with Gasteiger partial charge in [-0.25, -0.2) is 4.79 Å². The zero-order valence-corrected chi connectivity index (χ0v) is 17.7. The zero-order valence-electron chi connectivity index (χ0n) is 17.7. The highest BCUT2D eigenvalue weighted by atomic mass is 16.5. The molecule has 1 fully saturated rings. The van der Waals surface area contributed by atoms with Crippen LogP contribution in [0.5, 0.6) is 0 Å². The Labute approximate surface area is 164 Å². The number of benzene rings is 1. The van der Waals surface area contributed by atoms with Gasteiger partial charge in [0.1, 0.15) is 0 Å². The molecule has 3 heteroatoms. The lowest BCUT2D eigenvalue weighted by molar-refractivity contribution is -0.131. The van der Waals surface area contributed by atoms with Crippen molar-refractivity contribution in [3.8, 4) is 0 Å². The molecule has 1 saturated carbocycles. The van der Waals surface area contributed by atoms with Gasteiger partial charge in [0.25, 0.3) is 0 Å². The minimum Gasteiger partial charge on any atom is -0.478 e. The summed E-state index contributed by atoms with van der Waals surface area (Å²) in [6.45, 7) is 13.8. The van der Waals surface area contributed by atoms with Crippen LogP contribution in [0.25, 0.3) is 0 Å². The largest absolute Gasteiger partial charge is 0.478 e. The number of carbonyl (C=O) groups is 1. The zero-order chi connectivity index (χ0) is 20.4. The van der Waals surface area contributed by atoms with Crippen LogP contribution in [-0.2, 0) is 14.9 Å². The van der Waals surface area contributed by atoms with Gasteiger partial charge in [-0.05, 0) is 52.9 Å². The molecule has 3 atom stereocenters. The third-order valence-corrected chi connectivity index (χ3v) is 5.98. The van der Waals surface area contributed by atoms with Crippen LogP contribution in [0.4, 0.5) is 0 Å². The number of rotatable bonds is 8. The molecule has 27 heavy (non-hydrogen) atoms. The van der Waals surface area contributed by atoms with Crippen molar-refractivity contribution in [3.63, 3.8) is 0 Å². The monoisotopic (exact) mass is 370 g/mol. The highest BCUT2D eigenvalue weighted by Gasteiger charge is 2.60. The number of hydrogen-bond acceptors (Lipinski definition) is 2. The van der Waals surface area contributed by atoms with E-state index >= 15 is 0 Å². The maximum atomic E-state index is 10.9. The summed E-state index contributed by atoms with van der Waals surface area (Å²) < 4.78 is 5.50. The van der Waals surface area contributed by atoms with Crippen molar-refractivity contribution in [1.82, 2.24) is 0 Å². The van der Waals surface area contributed by atoms with Crippen LogP contribution >= 0.6 is 0 Å². The predicted octanol–water partition coefficient (Wildman–Crippen LogP) is 5.67. The molecule has 3 nitrogen and oxygen atoms in total. The van der Waals surface area contributed by atoms with E-state index in [1.165, 1.54) is 22.8 Å². The fourth-order valence-electron chi connectivity index (χ4n) is 3.99. The van der Waals surface area contributed by atoms with E-state index in [0.29, 0.717) is 30.3 Å². The average Bonchev–Trinajstić information content (AvgIpc) is 3.16. The lowest BCUT2D eigenvalue weighted by atomic mass is 9.86. The van der Waals surface area contributed by atoms with E-state index in [1.54, 1.807) is 7.11 Å². The normalized spacial score (nSPS) is 25.6. The van der Waals surface area contributed by atoms with Crippen LogP contribution in [0.1, 0.15) is 70.1 Å². The van der Waals surface area contributed by atoms with Gasteiger partial charge in [0.05, 0.1) is 6.61 Å². The van der Waals surface area contributed by atoms with Crippen molar-refractivity contribution in [1.29, 1.82) is 0 Å². The first-order chi connectivity index (χ1) is 12.6. The predicted molar refractivity (Wildman–Crippen MR) is 111 cm³/mol. The average molecular weight is 371 g/mol. The Kier molecular flexibility index (Phi) is 6.69. The minimum absolute atomic E-state index is 0.0184. The van der Waals surface area contributed by atoms with E-state index in [4.69, 9.17) is 9.84 Å². The van der Waals surface area contributed by atoms with Gasteiger partial charge in [-0.3, -0.25) is 0 Å². The second-order valence-corrected chi connectivity index (χ2v) is 8.65. The van der Waals surface area contributed by atoms with Crippen LogP contribution < -0.4 is 0 Å². The molecule has 0 aliphatic heterocycles. The number of carboxylic acid groups (broad SMARTS) is 1. The van der Waals surface area contributed by atoms with Gasteiger partial charge in [0.15, 0.2) is 0 Å². The van der Waals surface area contributed by atoms with Gasteiger partial charge in [0.2, 0.25) is 0 Å². The molecule has 1 aliphatic carbocycles. The lowest BCUT2D eigenvalue weighted by Gasteiger charge is -2.19. The van der Waals surface area contributed by atoms with Gasteiger partial charge in [-0.1, -0.05) is 65.0 Å². The molecule has 148 valence electrons. The molecule has 0 saturated heterocycles. The van der Waals surface area contributed by atoms with E-state index in [9.17, 15) is 4.79 Å². The SMILES string of the molecule is COC[C@H]1[C@@H](/C=C/C(C)=C/C(=O)O)[C@@]1(C)c1cc(C(C)C)cc(C(C)C)c1. The topological polar surface area (TPSA) is 46.5 Å². The number of carboxylic acids is 1. The molecule has 0 aromatic heterocycles. The van der Waals surface area contributed by atoms with Crippen molar-refractivity contribution >= 4 is 5.97 Å². The third kappa shape index (κ3) is 4.70. The van der Waals surface area contributed by atoms with E-state index in [1.807, 2.05) is 13.0 Å². The summed E-state index contributed by atoms with van der Waals surface area (Å²) in [7, 11) is 1.75. The fourth-order valence-corrected chi connectivity index (χ4v) is 3.99. The lowest BCUT2D eigenvalue weighted by Crippen LogP contribution is -2.10. The molecule has 0 unspecified atom stereocenters. The maximum Gasteiger partial charge on any atom is 0.328 e. The van der Waals surface area contributed by atoms with Gasteiger partial charge >= 0.3 is 5.97 Å². The Balaban J connectivity index is 2.42. The van der Waals surface area contributed by atoms with Crippen LogP contribution in [0.15, 0.2) is 42.0 Å². The first kappa shape index (κ1) is 21.4. The fraction of sp³-hybridized carbons (Fsp3) is 0.542. The summed E-state index contributed by atoms with van der Waals surface area (Å²) in [6.07, 6.45) is 5.34. The van der Waals surface area contributed by atoms with Crippen molar-refractivity contribution in [2.75, 3.05) is 13.7 Å². The number of ether oxygens (including phenoxy) is 1. The van der Waals surface area contributed by atoms with Crippen LogP contribution in [0.2, 0.25) is 0 Å². The standard InChI is InChI=1S/C24H34O3/c1-15(2)18-11-19(16(3)4)13-20(12-18)24(6)21(22(24)14-27-7)9-8-17(5)10-23(25)26/h8-13,15-16,21-22H,14H2,1-7H3,(H,25,26)/b9-8+,17-10+/t21-,22+,24-/m1/s1. The summed E-state index contributed by atoms with van der Waals surface area (Å²) in [6, 6.07) is 7.04. The smallest absolute Gasteiger partial charge is 0.328 e. The first-order valence-electron chi connectivity index (χ1n) is 9.85. The molecule has 0 radical (unpaired) electrons. The number of methoxy groups -OCH3 is 1. The Morgan fingerprint density at radius 1 is 1.19 bits per heavy atom. The highest BCUT2D eigenvalue weighted by Crippen LogP contribution is 2.61. The van der Waals surface area contributed by atoms with Gasteiger partial charge in [-0.15, -0.1) is 0 Å². The molecular weight excluding hydrogens is 336 g/mol. The Bertz CT molecular complexity index is 716. The summed E-state index contributed by atoms with van der Waals surface area (Å²) in [5.74, 6) is 0.812. The molecule has 0 bridgehead atoms. The molecular formula is C24H34O3. The summed E-state index contributed by atoms with van der Waals surface area (Å²) in [4.78, 5) is 10.9. The van der Waals surface area contributed by atoms with Crippen LogP contribution in [-0.4, -0.2) is 24.8 Å². The molecule has 1 aliphatic rings. The maximum absolute atomic E-state index is 10.9. The third-order valence-electron chi connectivity index (χ3n) is 5.98. The number of allylic oxidation sites excluding steroid dienone is 3. The van der Waals surface area contributed by atoms with Crippen molar-refractivity contribution in [3.05, 3.63) is 58.7 Å². The second kappa shape index (κ2) is 8.43. The molecule has 0 amide bonds. The van der Waals surface area contributed by atoms with Gasteiger partial charge in [-0.2, -0.15) is 0 Å². The second-order valence-electron chi connectivity index (χ2n) is 8.65. The van der Waals surface area contributed by atoms with Gasteiger partial charge < -0.3 is 9.84 Å². The van der Waals surface area contributed by atoms with E-state index in [0.717, 1.165) is 5.57 Å². The summed E-state index contributed by atoms with van der Waals surface area (Å²) in [5.41, 5.74) is 4.90. The molecule has 1 aromatic rings. The molecule has 0 spiro atoms. The van der Waals surface area contributed by atoms with Crippen LogP contribution in [0.3, 0.4) is 0 Å². The summed E-state index contributed by atoms with van der Waals surface area (Å²) in [5, 5.41) is 8.92. The Hall–Kier alpha value is -1.87. The number of aliphatic carboxylic acids is 1. The minimum atomic E-state index is -0.907. The van der Waals surface area contributed by atoms with Crippen molar-refractivity contribution in [2.24, 2.45) is 11.8 Å². The molecule has 1 aromatic carbocycles. The van der Waals surface area contributed by atoms with Crippen molar-refractivity contribution in [2.45, 2.75) is 58.8 Å². The first-order valence-corrected chi connectivity index (χ1v) is 9.85. The molecule has 0 heterocycles. The van der Waals surface area contributed by atoms with Gasteiger partial charge in [0, 0.05) is 18.6 Å². The number of hydrogen-bond donors (Lipinski definition) is 1. The van der Waals surface area contributed by atoms with E-state index in [2.05, 4.69) is 58.9 Å². The quantitative estimate of drug-likeness (QED) is 0.474. The Morgan fingerprint density at radius 3 is 2.19 bits per heavy atom. The molecule has 1 N–H and O–H groups in total. The highest BCUT2D eigenvalue weighted by molar-refractivity contribution is 5.81. The van der Waals surface area contributed by atoms with E-state index in [-0.39, 0.29) is 5.41 Å².